The number of carbonyl (C=O) groups is 2. The summed E-state index contributed by atoms with van der Waals surface area (Å²) >= 11 is 0. The minimum atomic E-state index is -5.10. The number of carboxylic acids is 1. The van der Waals surface area contributed by atoms with Crippen molar-refractivity contribution in [1.29, 1.82) is 0 Å². The van der Waals surface area contributed by atoms with Crippen LogP contribution >= 0.6 is 0 Å². The first-order valence-electron chi connectivity index (χ1n) is 7.90. The fraction of sp³-hybridized carbons (Fsp3) is 0.214. The first-order chi connectivity index (χ1) is 13.5. The lowest BCUT2D eigenvalue weighted by molar-refractivity contribution is -0.142. The normalized spacial score (nSPS) is 21.3. The van der Waals surface area contributed by atoms with Crippen molar-refractivity contribution in [2.75, 3.05) is 6.54 Å². The quantitative estimate of drug-likeness (QED) is 0.586. The molecule has 4 rings (SSSR count). The molecule has 1 aromatic heterocycles. The number of aliphatic carboxylic acids is 1. The van der Waals surface area contributed by atoms with E-state index >= 15 is 0 Å². The van der Waals surface area contributed by atoms with E-state index in [1.54, 1.807) is 6.07 Å². The predicted molar refractivity (Wildman–Crippen MR) is 90.9 cm³/mol. The SMILES string of the molecule is O=C(O)C1c2nn(S(=O)(=O)c3ccccc3)cc2C2CN1C(=O)N2OS(=O)(=O)O. The Kier molecular flexibility index (Phi) is 4.16. The van der Waals surface area contributed by atoms with Crippen molar-refractivity contribution >= 4 is 32.4 Å². The van der Waals surface area contributed by atoms with Crippen LogP contribution in [0.1, 0.15) is 23.3 Å². The summed E-state index contributed by atoms with van der Waals surface area (Å²) in [5.41, 5.74) is -0.300. The van der Waals surface area contributed by atoms with Gasteiger partial charge in [-0.1, -0.05) is 18.2 Å². The number of hydroxylamine groups is 2. The van der Waals surface area contributed by atoms with Crippen molar-refractivity contribution in [2.45, 2.75) is 17.0 Å². The van der Waals surface area contributed by atoms with Gasteiger partial charge < -0.3 is 10.0 Å². The molecule has 0 aliphatic carbocycles. The molecule has 3 heterocycles. The van der Waals surface area contributed by atoms with Gasteiger partial charge in [-0.2, -0.15) is 31.1 Å². The zero-order valence-corrected chi connectivity index (χ0v) is 15.8. The van der Waals surface area contributed by atoms with E-state index in [1.165, 1.54) is 24.3 Å². The van der Waals surface area contributed by atoms with Crippen LogP contribution in [0.25, 0.3) is 0 Å². The van der Waals surface area contributed by atoms with Gasteiger partial charge >= 0.3 is 22.4 Å². The van der Waals surface area contributed by atoms with Gasteiger partial charge in [0, 0.05) is 11.8 Å². The van der Waals surface area contributed by atoms with Crippen molar-refractivity contribution in [3.63, 3.8) is 0 Å². The summed E-state index contributed by atoms with van der Waals surface area (Å²) in [4.78, 5) is 24.8. The third kappa shape index (κ3) is 3.03. The monoisotopic (exact) mass is 444 g/mol. The van der Waals surface area contributed by atoms with Gasteiger partial charge in [-0.15, -0.1) is 4.28 Å². The fourth-order valence-electron chi connectivity index (χ4n) is 3.29. The molecule has 1 aromatic carbocycles. The molecule has 1 fully saturated rings. The summed E-state index contributed by atoms with van der Waals surface area (Å²) in [7, 11) is -9.28. The Labute approximate surface area is 163 Å². The highest BCUT2D eigenvalue weighted by molar-refractivity contribution is 7.89. The Morgan fingerprint density at radius 1 is 1.17 bits per heavy atom. The van der Waals surface area contributed by atoms with Crippen LogP contribution in [0.3, 0.4) is 0 Å². The molecule has 29 heavy (non-hydrogen) atoms. The summed E-state index contributed by atoms with van der Waals surface area (Å²) in [5, 5.41) is 13.7. The number of benzene rings is 1. The lowest BCUT2D eigenvalue weighted by Crippen LogP contribution is -2.38. The van der Waals surface area contributed by atoms with Crippen molar-refractivity contribution in [3.05, 3.63) is 47.8 Å². The number of carbonyl (C=O) groups excluding carboxylic acids is 1. The standard InChI is InChI=1S/C14H12N4O9S2/c19-13(20)12-11-9(10-7-16(12)14(21)18(10)27-29(24,25)26)6-17(15-11)28(22,23)8-4-2-1-3-5-8/h1-6,10,12H,7H2,(H,19,20)(H,24,25,26). The zero-order valence-electron chi connectivity index (χ0n) is 14.2. The molecular weight excluding hydrogens is 432 g/mol. The molecule has 2 aliphatic heterocycles. The van der Waals surface area contributed by atoms with Crippen LogP contribution in [0.2, 0.25) is 0 Å². The van der Waals surface area contributed by atoms with Crippen molar-refractivity contribution < 1.29 is 40.4 Å². The summed E-state index contributed by atoms with van der Waals surface area (Å²) in [6.45, 7) is -0.310. The maximum Gasteiger partial charge on any atom is 0.418 e. The first-order valence-corrected chi connectivity index (χ1v) is 10.7. The zero-order chi connectivity index (χ0) is 21.1. The Hall–Kier alpha value is -3.01. The molecule has 2 amide bonds. The molecule has 15 heteroatoms. The Balaban J connectivity index is 1.86. The highest BCUT2D eigenvalue weighted by Crippen LogP contribution is 2.44. The molecule has 0 saturated carbocycles. The summed E-state index contributed by atoms with van der Waals surface area (Å²) < 4.78 is 61.5. The minimum absolute atomic E-state index is 0.0392. The molecule has 2 aromatic rings. The van der Waals surface area contributed by atoms with Crippen LogP contribution in [0.4, 0.5) is 4.79 Å². The number of carboxylic acid groups (broad SMARTS) is 1. The number of amides is 2. The van der Waals surface area contributed by atoms with Gasteiger partial charge in [0.15, 0.2) is 6.04 Å². The number of fused-ring (bicyclic) bond motifs is 4. The third-order valence-electron chi connectivity index (χ3n) is 4.46. The molecule has 2 N–H and O–H groups in total. The average Bonchev–Trinajstić information content (AvgIpc) is 3.19. The van der Waals surface area contributed by atoms with E-state index in [-0.39, 0.29) is 27.8 Å². The summed E-state index contributed by atoms with van der Waals surface area (Å²) in [5.74, 6) is -1.51. The van der Waals surface area contributed by atoms with Crippen molar-refractivity contribution in [2.24, 2.45) is 0 Å². The number of hydrogen-bond acceptors (Lipinski definition) is 8. The number of urea groups is 1. The second-order valence-electron chi connectivity index (χ2n) is 6.18. The summed E-state index contributed by atoms with van der Waals surface area (Å²) in [6.07, 6.45) is 0.995. The Morgan fingerprint density at radius 3 is 2.41 bits per heavy atom. The van der Waals surface area contributed by atoms with Crippen LogP contribution in [-0.2, 0) is 29.5 Å². The molecule has 2 bridgehead atoms. The molecule has 2 aliphatic rings. The van der Waals surface area contributed by atoms with E-state index in [0.717, 1.165) is 11.1 Å². The Bertz CT molecular complexity index is 1220. The molecule has 0 radical (unpaired) electrons. The van der Waals surface area contributed by atoms with Crippen LogP contribution in [0.5, 0.6) is 0 Å². The molecule has 13 nitrogen and oxygen atoms in total. The van der Waals surface area contributed by atoms with Crippen molar-refractivity contribution in [3.8, 4) is 0 Å². The predicted octanol–water partition coefficient (Wildman–Crippen LogP) is -0.227. The number of rotatable bonds is 5. The van der Waals surface area contributed by atoms with Gasteiger partial charge in [-0.25, -0.2) is 9.59 Å². The largest absolute Gasteiger partial charge is 0.479 e. The molecule has 1 saturated heterocycles. The number of aromatic nitrogens is 2. The van der Waals surface area contributed by atoms with E-state index in [2.05, 4.69) is 9.38 Å². The van der Waals surface area contributed by atoms with Crippen LogP contribution in [0, 0.1) is 0 Å². The van der Waals surface area contributed by atoms with E-state index < -0.39 is 44.5 Å². The molecule has 2 atom stereocenters. The number of hydrogen-bond donors (Lipinski definition) is 2. The fourth-order valence-corrected chi connectivity index (χ4v) is 4.83. The van der Waals surface area contributed by atoms with Gasteiger partial charge in [0.2, 0.25) is 0 Å². The molecule has 154 valence electrons. The third-order valence-corrected chi connectivity index (χ3v) is 6.36. The van der Waals surface area contributed by atoms with E-state index in [0.29, 0.717) is 4.09 Å². The van der Waals surface area contributed by atoms with Gasteiger partial charge in [-0.05, 0) is 12.1 Å². The highest BCUT2D eigenvalue weighted by atomic mass is 32.3. The lowest BCUT2D eigenvalue weighted by Gasteiger charge is -2.25. The maximum atomic E-state index is 12.8. The van der Waals surface area contributed by atoms with E-state index in [1.807, 2.05) is 0 Å². The Morgan fingerprint density at radius 2 is 1.83 bits per heavy atom. The molecular formula is C14H12N4O9S2. The van der Waals surface area contributed by atoms with Gasteiger partial charge in [0.25, 0.3) is 10.0 Å². The van der Waals surface area contributed by atoms with Crippen LogP contribution in [-0.4, -0.2) is 64.2 Å². The van der Waals surface area contributed by atoms with E-state index in [9.17, 15) is 31.5 Å². The minimum Gasteiger partial charge on any atom is -0.479 e. The van der Waals surface area contributed by atoms with E-state index in [4.69, 9.17) is 4.55 Å². The summed E-state index contributed by atoms with van der Waals surface area (Å²) in [6, 6.07) is 3.22. The topological polar surface area (TPSA) is 176 Å². The van der Waals surface area contributed by atoms with Crippen LogP contribution < -0.4 is 0 Å². The second-order valence-corrected chi connectivity index (χ2v) is 8.98. The second kappa shape index (κ2) is 6.24. The van der Waals surface area contributed by atoms with Crippen molar-refractivity contribution in [1.82, 2.24) is 19.1 Å². The average molecular weight is 444 g/mol. The van der Waals surface area contributed by atoms with Gasteiger partial charge in [0.05, 0.1) is 11.4 Å². The molecule has 2 unspecified atom stereocenters. The lowest BCUT2D eigenvalue weighted by atomic mass is 9.98. The highest BCUT2D eigenvalue weighted by Gasteiger charge is 2.54. The maximum absolute atomic E-state index is 12.8. The smallest absolute Gasteiger partial charge is 0.418 e. The molecule has 0 spiro atoms. The van der Waals surface area contributed by atoms with Gasteiger partial charge in [0.1, 0.15) is 11.7 Å². The first kappa shape index (κ1) is 19.3. The van der Waals surface area contributed by atoms with Crippen LogP contribution in [0.15, 0.2) is 41.4 Å². The number of nitrogens with zero attached hydrogens (tertiary/aromatic N) is 4. The van der Waals surface area contributed by atoms with Gasteiger partial charge in [-0.3, -0.25) is 4.55 Å².